The smallest absolute Gasteiger partial charge is 0 e. The van der Waals surface area contributed by atoms with E-state index < -0.39 is 0 Å². The molecule has 0 spiro atoms. The highest BCUT2D eigenvalue weighted by Gasteiger charge is 1.66. The van der Waals surface area contributed by atoms with Crippen molar-refractivity contribution in [3.05, 3.63) is 6.92 Å². The molecule has 0 aliphatic rings. The first-order valence-electron chi connectivity index (χ1n) is 24.1. The van der Waals surface area contributed by atoms with Crippen LogP contribution in [-0.2, 0) is 0 Å². The standard InChI is InChI=1S/C96H5/c1-3-5-7-9-11-13-15-17-19-21-23-25-27-29-31-33-35-37-39-41-43-45-47-49-51-53-55-57-59-61-63-65-67-69-71-73-75-77-79-81-83-85-87-89-91-93-95-96-94-92-90-88-86-84-82-80-78-76-74-72-70-68-66-64-62-60-58-56-54-52-50-48-46-44-42-40-38-36-34-32-30-28-26-24-22-20-18-16-14-12-10-8-6-4-2/h1H2,2H3/q-1. The largest absolute Gasteiger partial charge is 0.284 e. The maximum atomic E-state index is 3.32. The van der Waals surface area contributed by atoms with E-state index in [1.54, 1.807) is 6.92 Å². The van der Waals surface area contributed by atoms with Crippen LogP contribution in [0.5, 0.6) is 0 Å². The molecule has 390 valence electrons. The third kappa shape index (κ3) is 73.2. The SMILES string of the molecule is [CH2-]C#CC#CC#CC#CC#CC#CC#CC#CC#CC#CC#CC#CC#CC#CC#CC#CC#CC#CC#CC#CC#CC#CC#CC#CC#CC#CC#CC#CC#CC#CC#CC#CC#CC#CC#CC#CC#CC#CC#CC#CC#CC#CC#CC#CC#CC#CC#CC. The molecule has 0 rings (SSSR count). The highest BCUT2D eigenvalue weighted by atomic mass is 13.7. The third-order valence-electron chi connectivity index (χ3n) is 5.90. The summed E-state index contributed by atoms with van der Waals surface area (Å²) in [6.45, 7) is 5.00. The van der Waals surface area contributed by atoms with Gasteiger partial charge in [-0.05, 0) is 102 Å². The van der Waals surface area contributed by atoms with Crippen molar-refractivity contribution in [2.24, 2.45) is 0 Å². The minimum absolute atomic E-state index is 1.68. The van der Waals surface area contributed by atoms with E-state index >= 15 is 0 Å². The normalized spacial score (nSPS) is 3.97. The Hall–Kier alpha value is -20.8. The topological polar surface area (TPSA) is 0 Å². The molecule has 0 saturated heterocycles. The summed E-state index contributed by atoms with van der Waals surface area (Å²) in [6, 6.07) is 0. The van der Waals surface area contributed by atoms with Gasteiger partial charge in [-0.3, -0.25) is 5.92 Å². The molecule has 0 aliphatic heterocycles. The van der Waals surface area contributed by atoms with Gasteiger partial charge in [-0.2, -0.15) is 6.92 Å². The Morgan fingerprint density at radius 2 is 0.135 bits per heavy atom. The predicted octanol–water partition coefficient (Wildman–Crippen LogP) is 1.00. The molecule has 0 unspecified atom stereocenters. The van der Waals surface area contributed by atoms with Crippen LogP contribution in [0.25, 0.3) is 0 Å². The van der Waals surface area contributed by atoms with Crippen molar-refractivity contribution in [3.63, 3.8) is 0 Å². The Bertz CT molecular complexity index is 6290. The molecule has 0 atom stereocenters. The van der Waals surface area contributed by atoms with Crippen LogP contribution in [0.4, 0.5) is 0 Å². The first-order valence-corrected chi connectivity index (χ1v) is 24.1. The van der Waals surface area contributed by atoms with Crippen LogP contribution in [0.2, 0.25) is 0 Å². The van der Waals surface area contributed by atoms with Crippen LogP contribution in [0.15, 0.2) is 0 Å². The Balaban J connectivity index is 4.63. The van der Waals surface area contributed by atoms with E-state index in [1.807, 2.05) is 0 Å². The van der Waals surface area contributed by atoms with Crippen LogP contribution in [0, 0.1) is 563 Å². The molecule has 0 fully saturated rings. The third-order valence-corrected chi connectivity index (χ3v) is 5.90. The van der Waals surface area contributed by atoms with Gasteiger partial charge in [-0.15, -0.1) is 5.92 Å². The lowest BCUT2D eigenvalue weighted by molar-refractivity contribution is 1.92. The first-order chi connectivity index (χ1) is 47.9. The number of rotatable bonds is 0. The second kappa shape index (κ2) is 74.2. The van der Waals surface area contributed by atoms with Crippen LogP contribution >= 0.6 is 0 Å². The molecule has 0 saturated carbocycles. The van der Waals surface area contributed by atoms with Gasteiger partial charge in [0.05, 0.1) is 0 Å². The summed E-state index contributed by atoms with van der Waals surface area (Å²) < 4.78 is 0. The van der Waals surface area contributed by atoms with Gasteiger partial charge in [0.15, 0.2) is 0 Å². The maximum absolute atomic E-state index is 3.32. The summed E-state index contributed by atoms with van der Waals surface area (Å²) >= 11 is 0. The highest BCUT2D eigenvalue weighted by Crippen LogP contribution is 1.67. The van der Waals surface area contributed by atoms with Crippen molar-refractivity contribution in [2.45, 2.75) is 6.92 Å². The second-order valence-corrected chi connectivity index (χ2v) is 11.9. The molecule has 0 nitrogen and oxygen atoms in total. The van der Waals surface area contributed by atoms with E-state index in [4.69, 9.17) is 0 Å². The number of hydrogen-bond acceptors (Lipinski definition) is 0. The van der Waals surface area contributed by atoms with Crippen molar-refractivity contribution in [2.75, 3.05) is 0 Å². The summed E-state index contributed by atoms with van der Waals surface area (Å²) in [4.78, 5) is 0. The molecular weight excluding hydrogens is 1150 g/mol. The highest BCUT2D eigenvalue weighted by molar-refractivity contribution is 5.55. The average Bonchev–Trinajstić information content (AvgIpc) is 3.61. The summed E-state index contributed by atoms with van der Waals surface area (Å²) in [7, 11) is 0. The van der Waals surface area contributed by atoms with Gasteiger partial charge in [0.2, 0.25) is 0 Å². The van der Waals surface area contributed by atoms with Gasteiger partial charge in [-0.25, -0.2) is 5.92 Å². The molecule has 0 aliphatic carbocycles. The zero-order chi connectivity index (χ0) is 68.5. The van der Waals surface area contributed by atoms with Crippen LogP contribution in [0.1, 0.15) is 6.92 Å². The molecule has 0 radical (unpaired) electrons. The van der Waals surface area contributed by atoms with Crippen molar-refractivity contribution >= 4 is 0 Å². The lowest BCUT2D eigenvalue weighted by Crippen LogP contribution is -1.57. The summed E-state index contributed by atoms with van der Waals surface area (Å²) in [5, 5.41) is 0. The van der Waals surface area contributed by atoms with E-state index in [-0.39, 0.29) is 0 Å². The molecule has 0 aromatic heterocycles. The van der Waals surface area contributed by atoms with Gasteiger partial charge >= 0.3 is 0 Å². The lowest BCUT2D eigenvalue weighted by Gasteiger charge is -1.64. The molecule has 0 aromatic carbocycles. The van der Waals surface area contributed by atoms with E-state index in [0.717, 1.165) is 0 Å². The van der Waals surface area contributed by atoms with Crippen LogP contribution in [0.3, 0.4) is 0 Å². The van der Waals surface area contributed by atoms with Crippen LogP contribution < -0.4 is 0 Å². The van der Waals surface area contributed by atoms with Gasteiger partial charge < -0.3 is 0 Å². The van der Waals surface area contributed by atoms with E-state index in [1.165, 1.54) is 0 Å². The average molecular weight is 1160 g/mol. The predicted molar refractivity (Wildman–Crippen MR) is 377 cm³/mol. The molecule has 0 aromatic rings. The number of hydrogen-bond donors (Lipinski definition) is 0. The van der Waals surface area contributed by atoms with Crippen molar-refractivity contribution < 1.29 is 0 Å². The minimum atomic E-state index is 1.68. The Morgan fingerprint density at radius 3 is 0.188 bits per heavy atom. The van der Waals surface area contributed by atoms with Crippen molar-refractivity contribution in [3.8, 4) is 557 Å². The van der Waals surface area contributed by atoms with E-state index in [9.17, 15) is 0 Å². The van der Waals surface area contributed by atoms with Crippen molar-refractivity contribution in [1.82, 2.24) is 0 Å². The molecule has 0 bridgehead atoms. The quantitative estimate of drug-likeness (QED) is 0.252. The molecule has 0 N–H and O–H groups in total. The Labute approximate surface area is 566 Å². The van der Waals surface area contributed by atoms with Crippen LogP contribution in [-0.4, -0.2) is 0 Å². The van der Waals surface area contributed by atoms with E-state index in [2.05, 4.69) is 563 Å². The molecular formula is C96H5-. The van der Waals surface area contributed by atoms with E-state index in [0.29, 0.717) is 0 Å². The molecule has 0 heterocycles. The first kappa shape index (κ1) is 75.2. The summed E-state index contributed by atoms with van der Waals surface area (Å²) in [5.74, 6) is 235. The fourth-order valence-electron chi connectivity index (χ4n) is 2.92. The fraction of sp³-hybridized carbons (Fsp3) is 0.0104. The van der Waals surface area contributed by atoms with Gasteiger partial charge in [0, 0.05) is 438 Å². The minimum Gasteiger partial charge on any atom is -0.284 e. The summed E-state index contributed by atoms with van der Waals surface area (Å²) in [5.41, 5.74) is 0. The molecule has 0 heteroatoms. The van der Waals surface area contributed by atoms with Gasteiger partial charge in [0.25, 0.3) is 0 Å². The monoisotopic (exact) mass is 1160 g/mol. The maximum Gasteiger partial charge on any atom is 0 e. The second-order valence-electron chi connectivity index (χ2n) is 11.9. The van der Waals surface area contributed by atoms with Crippen molar-refractivity contribution in [1.29, 1.82) is 0 Å². The summed E-state index contributed by atoms with van der Waals surface area (Å²) in [6.07, 6.45) is 0. The Kier molecular flexibility index (Phi) is 58.1. The molecule has 96 heavy (non-hydrogen) atoms. The Morgan fingerprint density at radius 1 is 0.0833 bits per heavy atom. The fourth-order valence-corrected chi connectivity index (χ4v) is 2.92. The lowest BCUT2D eigenvalue weighted by atomic mass is 10.4. The zero-order valence-corrected chi connectivity index (χ0v) is 48.7. The molecule has 0 amide bonds. The van der Waals surface area contributed by atoms with Gasteiger partial charge in [-0.1, -0.05) is 5.92 Å². The van der Waals surface area contributed by atoms with Gasteiger partial charge in [0.1, 0.15) is 0 Å². The zero-order valence-electron chi connectivity index (χ0n) is 48.7.